The minimum absolute atomic E-state index is 0.0130. The maximum absolute atomic E-state index is 13.8. The maximum atomic E-state index is 13.8. The quantitative estimate of drug-likeness (QED) is 0.330. The molecule has 0 radical (unpaired) electrons. The Morgan fingerprint density at radius 1 is 1.20 bits per heavy atom. The van der Waals surface area contributed by atoms with Crippen LogP contribution in [0.25, 0.3) is 10.9 Å². The average molecular weight is 637 g/mol. The van der Waals surface area contributed by atoms with Crippen LogP contribution in [0.3, 0.4) is 0 Å². The van der Waals surface area contributed by atoms with E-state index < -0.39 is 29.1 Å². The van der Waals surface area contributed by atoms with Gasteiger partial charge in [0.1, 0.15) is 11.9 Å². The number of carbonyl (C=O) groups is 1. The van der Waals surface area contributed by atoms with Gasteiger partial charge in [0.2, 0.25) is 5.91 Å². The first-order chi connectivity index (χ1) is 22.0. The van der Waals surface area contributed by atoms with E-state index in [1.54, 1.807) is 24.8 Å². The Labute approximate surface area is 266 Å². The van der Waals surface area contributed by atoms with Crippen LogP contribution in [-0.2, 0) is 33.1 Å². The van der Waals surface area contributed by atoms with Crippen molar-refractivity contribution in [1.82, 2.24) is 14.5 Å². The van der Waals surface area contributed by atoms with Crippen LogP contribution in [0.4, 0.5) is 19.0 Å². The van der Waals surface area contributed by atoms with E-state index in [9.17, 15) is 22.8 Å². The Balaban J connectivity index is 1.46. The number of carbonyl (C=O) groups excluding carboxylic acids is 1. The first-order valence-corrected chi connectivity index (χ1v) is 15.8. The van der Waals surface area contributed by atoms with Crippen LogP contribution in [0.15, 0.2) is 35.1 Å². The number of halogens is 3. The zero-order chi connectivity index (χ0) is 32.8. The van der Waals surface area contributed by atoms with Crippen molar-refractivity contribution in [2.24, 2.45) is 13.0 Å². The van der Waals surface area contributed by atoms with Gasteiger partial charge in [-0.1, -0.05) is 37.0 Å². The van der Waals surface area contributed by atoms with E-state index in [2.05, 4.69) is 22.3 Å². The van der Waals surface area contributed by atoms with E-state index in [0.29, 0.717) is 44.5 Å². The van der Waals surface area contributed by atoms with Gasteiger partial charge in [-0.3, -0.25) is 9.36 Å². The molecule has 0 spiro atoms. The number of nitrogens with one attached hydrogen (secondary N) is 1. The number of aryl methyl sites for hydroxylation is 1. The number of benzene rings is 2. The summed E-state index contributed by atoms with van der Waals surface area (Å²) in [6.45, 7) is 3.38. The van der Waals surface area contributed by atoms with Crippen molar-refractivity contribution in [3.63, 3.8) is 0 Å². The number of amides is 1. The number of alkyl halides is 3. The Bertz CT molecular complexity index is 1740. The van der Waals surface area contributed by atoms with Crippen molar-refractivity contribution >= 4 is 22.6 Å². The number of aromatic nitrogens is 2. The summed E-state index contributed by atoms with van der Waals surface area (Å²) in [4.78, 5) is 32.5. The molecular weight excluding hydrogens is 597 g/mol. The second-order valence-electron chi connectivity index (χ2n) is 12.8. The summed E-state index contributed by atoms with van der Waals surface area (Å²) in [6.07, 6.45) is 6.63. The molecule has 0 bridgehead atoms. The first kappa shape index (κ1) is 32.1. The van der Waals surface area contributed by atoms with Crippen LogP contribution < -0.4 is 11.0 Å². The van der Waals surface area contributed by atoms with Gasteiger partial charge >= 0.3 is 11.9 Å². The van der Waals surface area contributed by atoms with Crippen molar-refractivity contribution in [2.45, 2.75) is 69.2 Å². The molecule has 0 unspecified atom stereocenters. The monoisotopic (exact) mass is 636 g/mol. The predicted molar refractivity (Wildman–Crippen MR) is 168 cm³/mol. The Morgan fingerprint density at radius 2 is 1.89 bits per heavy atom. The molecule has 1 amide bonds. The highest BCUT2D eigenvalue weighted by Gasteiger charge is 2.41. The molecule has 3 aromatic rings. The largest absolute Gasteiger partial charge is 0.416 e. The van der Waals surface area contributed by atoms with Gasteiger partial charge < -0.3 is 19.7 Å². The molecule has 8 nitrogen and oxygen atoms in total. The lowest BCUT2D eigenvalue weighted by Crippen LogP contribution is -2.51. The number of methoxy groups -OCH3 is 1. The molecule has 2 aliphatic heterocycles. The standard InChI is InChI=1S/C35H39F3N4O4/c1-5-29(25-11-8-12-28(21(25)2)35(36,37)38)39-31-27-18-24(17-26(22-9-6-7-10-22)30(27)41(3)33(44)40-31)34(45-4)13-15-42(16-14-34)32(43)23-19-46-20-23/h1,8,11-12,17-18,22-23,29H,6-7,9-10,13-16,19-20H2,2-4H3,(H,39,40,44)/t29-/m1/s1. The van der Waals surface area contributed by atoms with Gasteiger partial charge in [0.15, 0.2) is 0 Å². The third-order valence-electron chi connectivity index (χ3n) is 10.2. The molecule has 3 heterocycles. The minimum atomic E-state index is -4.54. The van der Waals surface area contributed by atoms with Crippen LogP contribution in [-0.4, -0.2) is 53.8 Å². The molecule has 11 heteroatoms. The second-order valence-corrected chi connectivity index (χ2v) is 12.8. The van der Waals surface area contributed by atoms with Crippen LogP contribution in [0.2, 0.25) is 0 Å². The number of rotatable bonds is 7. The van der Waals surface area contributed by atoms with Gasteiger partial charge in [-0.25, -0.2) is 4.79 Å². The van der Waals surface area contributed by atoms with Crippen LogP contribution in [0.1, 0.15) is 78.3 Å². The molecule has 1 atom stereocenters. The molecular formula is C35H39F3N4O4. The van der Waals surface area contributed by atoms with Crippen LogP contribution >= 0.6 is 0 Å². The molecule has 1 aliphatic carbocycles. The summed E-state index contributed by atoms with van der Waals surface area (Å²) in [5, 5.41) is 3.81. The minimum Gasteiger partial charge on any atom is -0.380 e. The van der Waals surface area contributed by atoms with E-state index in [-0.39, 0.29) is 34.7 Å². The molecule has 1 saturated carbocycles. The molecule has 2 aromatic carbocycles. The van der Waals surface area contributed by atoms with Crippen LogP contribution in [0.5, 0.6) is 0 Å². The zero-order valence-corrected chi connectivity index (χ0v) is 26.4. The van der Waals surface area contributed by atoms with Crippen molar-refractivity contribution in [3.8, 4) is 12.3 Å². The second kappa shape index (κ2) is 12.4. The molecule has 46 heavy (non-hydrogen) atoms. The number of terminal acetylenes is 1. The number of hydrogen-bond acceptors (Lipinski definition) is 6. The summed E-state index contributed by atoms with van der Waals surface area (Å²) in [5.74, 6) is 3.03. The fourth-order valence-corrected chi connectivity index (χ4v) is 7.41. The highest BCUT2D eigenvalue weighted by molar-refractivity contribution is 5.93. The SMILES string of the molecule is C#C[C@@H](Nc1nc(=O)n(C)c2c(C3CCCC3)cc(C3(OC)CCN(C(=O)C4COC4)CC3)cc12)c1cccc(C(F)(F)F)c1C. The zero-order valence-electron chi connectivity index (χ0n) is 26.4. The van der Waals surface area contributed by atoms with Gasteiger partial charge in [-0.2, -0.15) is 18.2 Å². The van der Waals surface area contributed by atoms with E-state index in [0.717, 1.165) is 48.4 Å². The topological polar surface area (TPSA) is 85.7 Å². The summed E-state index contributed by atoms with van der Waals surface area (Å²) >= 11 is 0. The molecule has 2 saturated heterocycles. The van der Waals surface area contributed by atoms with E-state index in [1.165, 1.54) is 13.0 Å². The number of likely N-dealkylation sites (tertiary alicyclic amines) is 1. The van der Waals surface area contributed by atoms with Crippen molar-refractivity contribution in [1.29, 1.82) is 0 Å². The number of nitrogens with zero attached hydrogens (tertiary/aromatic N) is 3. The van der Waals surface area contributed by atoms with E-state index in [1.807, 2.05) is 11.0 Å². The van der Waals surface area contributed by atoms with Gasteiger partial charge in [0.05, 0.1) is 35.8 Å². The molecule has 6 rings (SSSR count). The summed E-state index contributed by atoms with van der Waals surface area (Å²) in [5.41, 5.74) is 0.996. The van der Waals surface area contributed by atoms with E-state index in [4.69, 9.17) is 15.9 Å². The molecule has 244 valence electrons. The number of piperidine rings is 1. The molecule has 3 fully saturated rings. The highest BCUT2D eigenvalue weighted by Crippen LogP contribution is 2.44. The van der Waals surface area contributed by atoms with Gasteiger partial charge in [0, 0.05) is 32.6 Å². The fourth-order valence-electron chi connectivity index (χ4n) is 7.41. The molecule has 3 aliphatic rings. The van der Waals surface area contributed by atoms with Crippen molar-refractivity contribution in [2.75, 3.05) is 38.7 Å². The van der Waals surface area contributed by atoms with E-state index >= 15 is 0 Å². The Morgan fingerprint density at radius 3 is 2.48 bits per heavy atom. The summed E-state index contributed by atoms with van der Waals surface area (Å²) < 4.78 is 54.4. The van der Waals surface area contributed by atoms with Gasteiger partial charge in [0.25, 0.3) is 0 Å². The third kappa shape index (κ3) is 5.66. The normalized spacial score (nSPS) is 19.5. The van der Waals surface area contributed by atoms with Crippen LogP contribution in [0, 0.1) is 25.2 Å². The fraction of sp³-hybridized carbons (Fsp3) is 0.514. The average Bonchev–Trinajstić information content (AvgIpc) is 3.55. The Hall–Kier alpha value is -3.88. The smallest absolute Gasteiger partial charge is 0.380 e. The van der Waals surface area contributed by atoms with Gasteiger partial charge in [-0.15, -0.1) is 6.42 Å². The lowest BCUT2D eigenvalue weighted by Gasteiger charge is -2.43. The number of anilines is 1. The highest BCUT2D eigenvalue weighted by atomic mass is 19.4. The third-order valence-corrected chi connectivity index (χ3v) is 10.2. The number of hydrogen-bond donors (Lipinski definition) is 1. The summed E-state index contributed by atoms with van der Waals surface area (Å²) in [6, 6.07) is 7.06. The predicted octanol–water partition coefficient (Wildman–Crippen LogP) is 5.82. The molecule has 1 N–H and O–H groups in total. The molecule has 1 aromatic heterocycles. The van der Waals surface area contributed by atoms with Gasteiger partial charge in [-0.05, 0) is 72.9 Å². The van der Waals surface area contributed by atoms with Crippen molar-refractivity contribution < 1.29 is 27.4 Å². The lowest BCUT2D eigenvalue weighted by molar-refractivity contribution is -0.155. The summed E-state index contributed by atoms with van der Waals surface area (Å²) in [7, 11) is 3.37. The number of ether oxygens (including phenoxy) is 2. The van der Waals surface area contributed by atoms with Crippen molar-refractivity contribution in [3.05, 3.63) is 68.6 Å². The Kier molecular flexibility index (Phi) is 8.63. The lowest BCUT2D eigenvalue weighted by atomic mass is 9.80. The maximum Gasteiger partial charge on any atom is 0.416 e. The first-order valence-electron chi connectivity index (χ1n) is 15.8. The number of fused-ring (bicyclic) bond motifs is 1.